The highest BCUT2D eigenvalue weighted by molar-refractivity contribution is 5.76. The number of carbonyl (C=O) groups excluding carboxylic acids is 1. The number of nitrogens with zero attached hydrogens (tertiary/aromatic N) is 2. The fourth-order valence-corrected chi connectivity index (χ4v) is 2.25. The Bertz CT molecular complexity index is 276. The average molecular weight is 269 g/mol. The molecule has 0 atom stereocenters. The molecule has 4 heteroatoms. The van der Waals surface area contributed by atoms with E-state index in [9.17, 15) is 4.79 Å². The summed E-state index contributed by atoms with van der Waals surface area (Å²) in [6.07, 6.45) is 2.59. The molecule has 1 aliphatic heterocycles. The summed E-state index contributed by atoms with van der Waals surface area (Å²) in [5.74, 6) is 1.02. The van der Waals surface area contributed by atoms with Crippen LogP contribution in [0.1, 0.15) is 47.0 Å². The summed E-state index contributed by atoms with van der Waals surface area (Å²) in [4.78, 5) is 16.5. The molecule has 0 aliphatic carbocycles. The van der Waals surface area contributed by atoms with Gasteiger partial charge in [-0.3, -0.25) is 9.69 Å². The predicted octanol–water partition coefficient (Wildman–Crippen LogP) is 1.69. The Labute approximate surface area is 118 Å². The molecule has 1 saturated heterocycles. The van der Waals surface area contributed by atoms with Crippen molar-refractivity contribution in [3.63, 3.8) is 0 Å². The highest BCUT2D eigenvalue weighted by Crippen LogP contribution is 2.11. The second-order valence-corrected chi connectivity index (χ2v) is 6.89. The van der Waals surface area contributed by atoms with Gasteiger partial charge < -0.3 is 10.6 Å². The maximum absolute atomic E-state index is 12.1. The molecule has 1 rings (SSSR count). The van der Waals surface area contributed by atoms with Crippen LogP contribution in [0.2, 0.25) is 0 Å². The van der Waals surface area contributed by atoms with Crippen LogP contribution in [-0.4, -0.2) is 54.0 Å². The van der Waals surface area contributed by atoms with E-state index in [2.05, 4.69) is 18.7 Å². The van der Waals surface area contributed by atoms with E-state index in [-0.39, 0.29) is 11.4 Å². The second-order valence-electron chi connectivity index (χ2n) is 6.89. The highest BCUT2D eigenvalue weighted by Gasteiger charge is 2.22. The Morgan fingerprint density at radius 1 is 1.21 bits per heavy atom. The van der Waals surface area contributed by atoms with Crippen LogP contribution < -0.4 is 5.73 Å². The van der Waals surface area contributed by atoms with E-state index in [1.165, 1.54) is 6.42 Å². The van der Waals surface area contributed by atoms with E-state index in [1.807, 2.05) is 18.7 Å². The first kappa shape index (κ1) is 16.4. The molecule has 0 aromatic carbocycles. The monoisotopic (exact) mass is 269 g/mol. The zero-order valence-electron chi connectivity index (χ0n) is 13.1. The van der Waals surface area contributed by atoms with E-state index in [0.717, 1.165) is 45.1 Å². The molecule has 112 valence electrons. The lowest BCUT2D eigenvalue weighted by atomic mass is 9.99. The quantitative estimate of drug-likeness (QED) is 0.798. The van der Waals surface area contributed by atoms with Crippen LogP contribution in [0, 0.1) is 5.92 Å². The van der Waals surface area contributed by atoms with Crippen LogP contribution in [0.3, 0.4) is 0 Å². The van der Waals surface area contributed by atoms with Crippen LogP contribution in [0.25, 0.3) is 0 Å². The van der Waals surface area contributed by atoms with Crippen molar-refractivity contribution in [2.75, 3.05) is 32.7 Å². The molecule has 0 unspecified atom stereocenters. The Balaban J connectivity index is 2.23. The topological polar surface area (TPSA) is 49.6 Å². The summed E-state index contributed by atoms with van der Waals surface area (Å²) in [5, 5.41) is 0. The molecule has 2 N–H and O–H groups in total. The van der Waals surface area contributed by atoms with E-state index in [1.54, 1.807) is 0 Å². The molecule has 4 nitrogen and oxygen atoms in total. The fraction of sp³-hybridized carbons (Fsp3) is 0.933. The van der Waals surface area contributed by atoms with E-state index < -0.39 is 0 Å². The number of hydrogen-bond acceptors (Lipinski definition) is 3. The van der Waals surface area contributed by atoms with Crippen molar-refractivity contribution < 1.29 is 4.79 Å². The molecule has 1 aliphatic rings. The number of carbonyl (C=O) groups is 1. The molecule has 1 fully saturated rings. The van der Waals surface area contributed by atoms with Crippen molar-refractivity contribution in [3.8, 4) is 0 Å². The van der Waals surface area contributed by atoms with Gasteiger partial charge in [0.15, 0.2) is 0 Å². The summed E-state index contributed by atoms with van der Waals surface area (Å²) in [5.41, 5.74) is 5.68. The van der Waals surface area contributed by atoms with Gasteiger partial charge in [-0.15, -0.1) is 0 Å². The van der Waals surface area contributed by atoms with E-state index in [0.29, 0.717) is 6.42 Å². The van der Waals surface area contributed by atoms with Crippen LogP contribution in [0.4, 0.5) is 0 Å². The van der Waals surface area contributed by atoms with Crippen molar-refractivity contribution in [3.05, 3.63) is 0 Å². The summed E-state index contributed by atoms with van der Waals surface area (Å²) in [7, 11) is 0. The first-order valence-corrected chi connectivity index (χ1v) is 7.57. The standard InChI is InChI=1S/C15H31N3O/c1-13(2)6-8-17-9-11-18(12-10-17)14(19)5-7-15(3,4)16/h13H,5-12,16H2,1-4H3. The second kappa shape index (κ2) is 7.25. The van der Waals surface area contributed by atoms with Gasteiger partial charge in [-0.05, 0) is 39.2 Å². The van der Waals surface area contributed by atoms with Crippen LogP contribution >= 0.6 is 0 Å². The van der Waals surface area contributed by atoms with Gasteiger partial charge in [-0.25, -0.2) is 0 Å². The van der Waals surface area contributed by atoms with E-state index >= 15 is 0 Å². The Kier molecular flexibility index (Phi) is 6.27. The Hall–Kier alpha value is -0.610. The number of nitrogens with two attached hydrogens (primary N) is 1. The first-order valence-electron chi connectivity index (χ1n) is 7.57. The lowest BCUT2D eigenvalue weighted by molar-refractivity contribution is -0.133. The van der Waals surface area contributed by atoms with Gasteiger partial charge in [-0.2, -0.15) is 0 Å². The van der Waals surface area contributed by atoms with Crippen LogP contribution in [-0.2, 0) is 4.79 Å². The summed E-state index contributed by atoms with van der Waals surface area (Å²) in [6, 6.07) is 0. The third-order valence-electron chi connectivity index (χ3n) is 3.73. The maximum Gasteiger partial charge on any atom is 0.222 e. The van der Waals surface area contributed by atoms with E-state index in [4.69, 9.17) is 5.73 Å². The van der Waals surface area contributed by atoms with Crippen LogP contribution in [0.5, 0.6) is 0 Å². The molecule has 1 amide bonds. The smallest absolute Gasteiger partial charge is 0.222 e. The minimum atomic E-state index is -0.241. The van der Waals surface area contributed by atoms with Crippen molar-refractivity contribution >= 4 is 5.91 Å². The molecule has 19 heavy (non-hydrogen) atoms. The van der Waals surface area contributed by atoms with Gasteiger partial charge in [0.05, 0.1) is 0 Å². The highest BCUT2D eigenvalue weighted by atomic mass is 16.2. The van der Waals surface area contributed by atoms with Crippen molar-refractivity contribution in [2.24, 2.45) is 11.7 Å². The normalized spacial score (nSPS) is 18.1. The number of amides is 1. The third-order valence-corrected chi connectivity index (χ3v) is 3.73. The molecular formula is C15H31N3O. The fourth-order valence-electron chi connectivity index (χ4n) is 2.25. The molecule has 0 radical (unpaired) electrons. The van der Waals surface area contributed by atoms with Crippen molar-refractivity contribution in [1.29, 1.82) is 0 Å². The zero-order valence-corrected chi connectivity index (χ0v) is 13.1. The Morgan fingerprint density at radius 3 is 2.26 bits per heavy atom. The maximum atomic E-state index is 12.1. The Morgan fingerprint density at radius 2 is 1.79 bits per heavy atom. The predicted molar refractivity (Wildman–Crippen MR) is 80.0 cm³/mol. The van der Waals surface area contributed by atoms with Gasteiger partial charge in [0.2, 0.25) is 5.91 Å². The van der Waals surface area contributed by atoms with Crippen LogP contribution in [0.15, 0.2) is 0 Å². The summed E-state index contributed by atoms with van der Waals surface area (Å²) >= 11 is 0. The minimum Gasteiger partial charge on any atom is -0.340 e. The van der Waals surface area contributed by atoms with Gasteiger partial charge in [-0.1, -0.05) is 13.8 Å². The third kappa shape index (κ3) is 6.92. The molecular weight excluding hydrogens is 238 g/mol. The SMILES string of the molecule is CC(C)CCN1CCN(C(=O)CCC(C)(C)N)CC1. The number of rotatable bonds is 6. The number of piperazine rings is 1. The molecule has 0 saturated carbocycles. The molecule has 0 aromatic rings. The summed E-state index contributed by atoms with van der Waals surface area (Å²) in [6.45, 7) is 13.4. The lowest BCUT2D eigenvalue weighted by Crippen LogP contribution is -2.49. The zero-order chi connectivity index (χ0) is 14.5. The average Bonchev–Trinajstić information content (AvgIpc) is 2.33. The first-order chi connectivity index (χ1) is 8.78. The minimum absolute atomic E-state index is 0.241. The van der Waals surface area contributed by atoms with Crippen molar-refractivity contribution in [2.45, 2.75) is 52.5 Å². The summed E-state index contributed by atoms with van der Waals surface area (Å²) < 4.78 is 0. The largest absolute Gasteiger partial charge is 0.340 e. The molecule has 0 bridgehead atoms. The molecule has 0 aromatic heterocycles. The van der Waals surface area contributed by atoms with Gasteiger partial charge in [0.25, 0.3) is 0 Å². The molecule has 1 heterocycles. The molecule has 0 spiro atoms. The van der Waals surface area contributed by atoms with Crippen molar-refractivity contribution in [1.82, 2.24) is 9.80 Å². The van der Waals surface area contributed by atoms with Gasteiger partial charge >= 0.3 is 0 Å². The van der Waals surface area contributed by atoms with Gasteiger partial charge in [0.1, 0.15) is 0 Å². The number of hydrogen-bond donors (Lipinski definition) is 1. The lowest BCUT2D eigenvalue weighted by Gasteiger charge is -2.35. The van der Waals surface area contributed by atoms with Gasteiger partial charge in [0, 0.05) is 38.1 Å².